The van der Waals surface area contributed by atoms with Crippen LogP contribution in [0.2, 0.25) is 0 Å². The van der Waals surface area contributed by atoms with Gasteiger partial charge in [0.25, 0.3) is 0 Å². The topological polar surface area (TPSA) is 61.8 Å². The molecule has 0 bridgehead atoms. The van der Waals surface area contributed by atoms with E-state index in [-0.39, 0.29) is 12.0 Å². The smallest absolute Gasteiger partial charge is 0.234 e. The maximum Gasteiger partial charge on any atom is 0.234 e. The van der Waals surface area contributed by atoms with Crippen LogP contribution in [0.5, 0.6) is 0 Å². The van der Waals surface area contributed by atoms with Gasteiger partial charge in [0.2, 0.25) is 5.91 Å². The molecule has 2 atom stereocenters. The molecule has 0 saturated carbocycles. The summed E-state index contributed by atoms with van der Waals surface area (Å²) in [4.78, 5) is 13.8. The Morgan fingerprint density at radius 3 is 3.06 bits per heavy atom. The number of hydrogen-bond acceptors (Lipinski definition) is 4. The molecule has 1 rings (SSSR count). The van der Waals surface area contributed by atoms with E-state index in [1.165, 1.54) is 0 Å². The van der Waals surface area contributed by atoms with Crippen molar-refractivity contribution in [2.24, 2.45) is 0 Å². The molecule has 1 aliphatic heterocycles. The number of likely N-dealkylation sites (tertiary alicyclic amines) is 1. The summed E-state index contributed by atoms with van der Waals surface area (Å²) in [5.41, 5.74) is 0. The lowest BCUT2D eigenvalue weighted by Crippen LogP contribution is -2.41. The highest BCUT2D eigenvalue weighted by molar-refractivity contribution is 5.78. The fraction of sp³-hybridized carbons (Fsp3) is 0.917. The van der Waals surface area contributed by atoms with E-state index >= 15 is 0 Å². The maximum absolute atomic E-state index is 11.6. The lowest BCUT2D eigenvalue weighted by Gasteiger charge is -2.24. The van der Waals surface area contributed by atoms with Crippen molar-refractivity contribution in [2.45, 2.75) is 38.3 Å². The molecule has 0 aromatic rings. The van der Waals surface area contributed by atoms with Gasteiger partial charge in [-0.2, -0.15) is 0 Å². The molecule has 1 aliphatic rings. The number of amides is 1. The van der Waals surface area contributed by atoms with Crippen LogP contribution in [-0.4, -0.2) is 61.4 Å². The van der Waals surface area contributed by atoms with Crippen LogP contribution in [0.1, 0.15) is 26.2 Å². The summed E-state index contributed by atoms with van der Waals surface area (Å²) < 4.78 is 4.87. The van der Waals surface area contributed by atoms with Crippen LogP contribution in [0.15, 0.2) is 0 Å². The predicted molar refractivity (Wildman–Crippen MR) is 65.8 cm³/mol. The van der Waals surface area contributed by atoms with Gasteiger partial charge in [-0.25, -0.2) is 0 Å². The summed E-state index contributed by atoms with van der Waals surface area (Å²) >= 11 is 0. The highest BCUT2D eigenvalue weighted by Gasteiger charge is 2.26. The second-order valence-electron chi connectivity index (χ2n) is 4.69. The van der Waals surface area contributed by atoms with Crippen LogP contribution < -0.4 is 5.32 Å². The Labute approximate surface area is 103 Å². The average Bonchev–Trinajstić information content (AvgIpc) is 2.65. The zero-order valence-corrected chi connectivity index (χ0v) is 10.8. The monoisotopic (exact) mass is 244 g/mol. The molecular weight excluding hydrogens is 220 g/mol. The first-order valence-corrected chi connectivity index (χ1v) is 6.31. The number of hydrogen-bond donors (Lipinski definition) is 2. The van der Waals surface area contributed by atoms with Crippen LogP contribution >= 0.6 is 0 Å². The Bertz CT molecular complexity index is 234. The summed E-state index contributed by atoms with van der Waals surface area (Å²) in [7, 11) is 1.62. The molecule has 2 N–H and O–H groups in total. The molecule has 100 valence electrons. The molecule has 1 saturated heterocycles. The largest absolute Gasteiger partial charge is 0.393 e. The fourth-order valence-electron chi connectivity index (χ4n) is 2.30. The van der Waals surface area contributed by atoms with Crippen molar-refractivity contribution < 1.29 is 14.6 Å². The van der Waals surface area contributed by atoms with Gasteiger partial charge in [-0.3, -0.25) is 9.69 Å². The summed E-state index contributed by atoms with van der Waals surface area (Å²) in [5, 5.41) is 12.2. The van der Waals surface area contributed by atoms with E-state index in [4.69, 9.17) is 4.74 Å². The molecular formula is C12H24N2O3. The molecule has 5 nitrogen and oxygen atoms in total. The van der Waals surface area contributed by atoms with E-state index in [1.54, 1.807) is 14.0 Å². The van der Waals surface area contributed by atoms with Gasteiger partial charge in [0.05, 0.1) is 19.3 Å². The molecule has 0 aliphatic carbocycles. The number of carbonyl (C=O) groups excluding carboxylic acids is 1. The van der Waals surface area contributed by atoms with Gasteiger partial charge < -0.3 is 15.2 Å². The van der Waals surface area contributed by atoms with Gasteiger partial charge in [0, 0.05) is 19.7 Å². The van der Waals surface area contributed by atoms with Crippen molar-refractivity contribution >= 4 is 5.91 Å². The lowest BCUT2D eigenvalue weighted by atomic mass is 10.1. The molecule has 0 aromatic heterocycles. The molecule has 1 amide bonds. The number of carbonyl (C=O) groups is 1. The van der Waals surface area contributed by atoms with E-state index in [0.29, 0.717) is 25.7 Å². The van der Waals surface area contributed by atoms with Crippen molar-refractivity contribution in [1.29, 1.82) is 0 Å². The number of rotatable bonds is 7. The molecule has 5 heteroatoms. The van der Waals surface area contributed by atoms with E-state index in [1.807, 2.05) is 0 Å². The van der Waals surface area contributed by atoms with Crippen molar-refractivity contribution in [1.82, 2.24) is 10.2 Å². The third-order valence-corrected chi connectivity index (χ3v) is 3.09. The van der Waals surface area contributed by atoms with Gasteiger partial charge in [0.15, 0.2) is 0 Å². The average molecular weight is 244 g/mol. The van der Waals surface area contributed by atoms with Crippen molar-refractivity contribution in [2.75, 3.05) is 33.4 Å². The molecule has 0 spiro atoms. The summed E-state index contributed by atoms with van der Waals surface area (Å²) in [5.74, 6) is 0.0412. The number of aliphatic hydroxyl groups is 1. The van der Waals surface area contributed by atoms with Crippen LogP contribution in [0.25, 0.3) is 0 Å². The minimum absolute atomic E-state index is 0.0412. The second kappa shape index (κ2) is 7.63. The first-order valence-electron chi connectivity index (χ1n) is 6.31. The van der Waals surface area contributed by atoms with Crippen LogP contribution in [0.4, 0.5) is 0 Å². The Hall–Kier alpha value is -0.650. The number of aliphatic hydroxyl groups excluding tert-OH is 1. The third kappa shape index (κ3) is 5.48. The highest BCUT2D eigenvalue weighted by atomic mass is 16.5. The van der Waals surface area contributed by atoms with Crippen LogP contribution in [-0.2, 0) is 9.53 Å². The molecule has 0 radical (unpaired) electrons. The summed E-state index contributed by atoms with van der Waals surface area (Å²) in [6.45, 7) is 4.29. The number of ether oxygens (including phenoxy) is 1. The Balaban J connectivity index is 2.26. The molecule has 2 unspecified atom stereocenters. The minimum Gasteiger partial charge on any atom is -0.393 e. The lowest BCUT2D eigenvalue weighted by molar-refractivity contribution is -0.122. The SMILES string of the molecule is COCCNC(=O)CN1CCCC1CC(C)O. The van der Waals surface area contributed by atoms with E-state index < -0.39 is 0 Å². The number of methoxy groups -OCH3 is 1. The van der Waals surface area contributed by atoms with Gasteiger partial charge in [-0.15, -0.1) is 0 Å². The Morgan fingerprint density at radius 2 is 2.41 bits per heavy atom. The number of nitrogens with zero attached hydrogens (tertiary/aromatic N) is 1. The van der Waals surface area contributed by atoms with E-state index in [0.717, 1.165) is 25.8 Å². The first-order chi connectivity index (χ1) is 8.13. The van der Waals surface area contributed by atoms with Gasteiger partial charge in [-0.05, 0) is 32.7 Å². The van der Waals surface area contributed by atoms with E-state index in [9.17, 15) is 9.90 Å². The minimum atomic E-state index is -0.294. The first kappa shape index (κ1) is 14.4. The van der Waals surface area contributed by atoms with Crippen LogP contribution in [0.3, 0.4) is 0 Å². The van der Waals surface area contributed by atoms with Crippen molar-refractivity contribution in [3.63, 3.8) is 0 Å². The quantitative estimate of drug-likeness (QED) is 0.618. The summed E-state index contributed by atoms with van der Waals surface area (Å²) in [6, 6.07) is 0.350. The molecule has 17 heavy (non-hydrogen) atoms. The van der Waals surface area contributed by atoms with Gasteiger partial charge in [-0.1, -0.05) is 0 Å². The molecule has 1 heterocycles. The Morgan fingerprint density at radius 1 is 1.65 bits per heavy atom. The highest BCUT2D eigenvalue weighted by Crippen LogP contribution is 2.20. The predicted octanol–water partition coefficient (Wildman–Crippen LogP) is -0.0157. The second-order valence-corrected chi connectivity index (χ2v) is 4.69. The van der Waals surface area contributed by atoms with Crippen LogP contribution in [0, 0.1) is 0 Å². The standard InChI is InChI=1S/C12H24N2O3/c1-10(15)8-11-4-3-6-14(11)9-12(16)13-5-7-17-2/h10-11,15H,3-9H2,1-2H3,(H,13,16). The zero-order valence-electron chi connectivity index (χ0n) is 10.8. The van der Waals surface area contributed by atoms with Gasteiger partial charge >= 0.3 is 0 Å². The van der Waals surface area contributed by atoms with Crippen molar-refractivity contribution in [3.8, 4) is 0 Å². The van der Waals surface area contributed by atoms with E-state index in [2.05, 4.69) is 10.2 Å². The van der Waals surface area contributed by atoms with Gasteiger partial charge in [0.1, 0.15) is 0 Å². The normalized spacial score (nSPS) is 22.6. The Kier molecular flexibility index (Phi) is 6.47. The third-order valence-electron chi connectivity index (χ3n) is 3.09. The molecule has 0 aromatic carbocycles. The summed E-state index contributed by atoms with van der Waals surface area (Å²) in [6.07, 6.45) is 2.65. The fourth-order valence-corrected chi connectivity index (χ4v) is 2.30. The molecule has 1 fully saturated rings. The number of nitrogens with one attached hydrogen (secondary N) is 1. The zero-order chi connectivity index (χ0) is 12.7. The van der Waals surface area contributed by atoms with Crippen molar-refractivity contribution in [3.05, 3.63) is 0 Å². The maximum atomic E-state index is 11.6.